The van der Waals surface area contributed by atoms with Crippen LogP contribution in [0.4, 0.5) is 0 Å². The van der Waals surface area contributed by atoms with Gasteiger partial charge in [0.15, 0.2) is 0 Å². The van der Waals surface area contributed by atoms with E-state index in [-0.39, 0.29) is 31.4 Å². The van der Waals surface area contributed by atoms with Gasteiger partial charge in [0.2, 0.25) is 11.8 Å². The first-order valence-corrected chi connectivity index (χ1v) is 10.5. The second-order valence-electron chi connectivity index (χ2n) is 8.71. The lowest BCUT2D eigenvalue weighted by molar-refractivity contribution is -0.144. The van der Waals surface area contributed by atoms with Gasteiger partial charge in [0.25, 0.3) is 0 Å². The first-order chi connectivity index (χ1) is 14.6. The van der Waals surface area contributed by atoms with Crippen LogP contribution >= 0.6 is 11.6 Å². The number of carbonyl (C=O) groups excluding carboxylic acids is 2. The van der Waals surface area contributed by atoms with Crippen molar-refractivity contribution in [3.05, 3.63) is 41.2 Å². The number of halogens is 1. The summed E-state index contributed by atoms with van der Waals surface area (Å²) in [5, 5.41) is 21.6. The molecule has 3 rings (SSSR count). The van der Waals surface area contributed by atoms with E-state index in [4.69, 9.17) is 16.3 Å². The molecule has 9 nitrogen and oxygen atoms in total. The number of β-amino-alcohol motifs (C(OH)–C–C–N with tert-alkyl or cyclic N) is 1. The highest BCUT2D eigenvalue weighted by Gasteiger charge is 2.44. The maximum Gasteiger partial charge on any atom is 0.248 e. The molecule has 31 heavy (non-hydrogen) atoms. The average molecular weight is 450 g/mol. The zero-order chi connectivity index (χ0) is 22.8. The number of hydrogen-bond acceptors (Lipinski definition) is 6. The molecule has 0 spiro atoms. The summed E-state index contributed by atoms with van der Waals surface area (Å²) in [5.41, 5.74) is 0.0428. The van der Waals surface area contributed by atoms with Gasteiger partial charge < -0.3 is 20.1 Å². The molecule has 1 saturated heterocycles. The fraction of sp³-hybridized carbons (Fsp3) is 0.524. The topological polar surface area (TPSA) is 110 Å². The molecule has 2 heterocycles. The minimum absolute atomic E-state index is 0.102. The van der Waals surface area contributed by atoms with Crippen molar-refractivity contribution in [2.45, 2.75) is 52.0 Å². The quantitative estimate of drug-likeness (QED) is 0.696. The van der Waals surface area contributed by atoms with Crippen LogP contribution in [-0.2, 0) is 16.2 Å². The largest absolute Gasteiger partial charge is 0.487 e. The Hall–Kier alpha value is -2.65. The van der Waals surface area contributed by atoms with Crippen molar-refractivity contribution in [2.75, 3.05) is 13.6 Å². The Morgan fingerprint density at radius 1 is 1.32 bits per heavy atom. The summed E-state index contributed by atoms with van der Waals surface area (Å²) < 4.78 is 7.22. The van der Waals surface area contributed by atoms with Crippen molar-refractivity contribution < 1.29 is 19.4 Å². The van der Waals surface area contributed by atoms with Crippen LogP contribution < -0.4 is 10.1 Å². The molecule has 2 amide bonds. The summed E-state index contributed by atoms with van der Waals surface area (Å²) in [7, 11) is 1.52. The van der Waals surface area contributed by atoms with E-state index in [1.165, 1.54) is 16.6 Å². The molecule has 0 radical (unpaired) electrons. The van der Waals surface area contributed by atoms with E-state index in [1.807, 2.05) is 20.8 Å². The number of aliphatic hydroxyl groups excluding tert-OH is 1. The lowest BCUT2D eigenvalue weighted by Gasteiger charge is -2.34. The van der Waals surface area contributed by atoms with Crippen molar-refractivity contribution in [1.82, 2.24) is 25.2 Å². The van der Waals surface area contributed by atoms with Crippen LogP contribution in [0.15, 0.2) is 30.5 Å². The van der Waals surface area contributed by atoms with E-state index in [0.29, 0.717) is 16.5 Å². The molecule has 10 heteroatoms. The standard InChI is InChI=1S/C21H28ClN5O4/c1-21(2,3)18(20(30)26-11-15(28)9-17(26)19(29)23-4)27-10-14(24-25-27)12-31-16-7-5-13(22)6-8-16/h5-8,10,15,17-18,28H,9,11-12H2,1-4H3,(H,23,29)/t15?,17?,18-/m1/s1. The smallest absolute Gasteiger partial charge is 0.248 e. The van der Waals surface area contributed by atoms with Crippen molar-refractivity contribution in [3.8, 4) is 5.75 Å². The number of hydrogen-bond donors (Lipinski definition) is 2. The monoisotopic (exact) mass is 449 g/mol. The molecule has 2 N–H and O–H groups in total. The van der Waals surface area contributed by atoms with E-state index in [2.05, 4.69) is 15.6 Å². The molecule has 2 unspecified atom stereocenters. The second kappa shape index (κ2) is 9.23. The van der Waals surface area contributed by atoms with Crippen LogP contribution in [0.3, 0.4) is 0 Å². The zero-order valence-corrected chi connectivity index (χ0v) is 18.8. The Bertz CT molecular complexity index is 925. The van der Waals surface area contributed by atoms with Crippen molar-refractivity contribution in [3.63, 3.8) is 0 Å². The van der Waals surface area contributed by atoms with Gasteiger partial charge in [-0.05, 0) is 29.7 Å². The van der Waals surface area contributed by atoms with Gasteiger partial charge in [-0.3, -0.25) is 9.59 Å². The van der Waals surface area contributed by atoms with E-state index < -0.39 is 23.6 Å². The predicted octanol–water partition coefficient (Wildman–Crippen LogP) is 1.81. The molecular formula is C21H28ClN5O4. The van der Waals surface area contributed by atoms with Gasteiger partial charge in [-0.15, -0.1) is 5.10 Å². The molecule has 168 valence electrons. The summed E-state index contributed by atoms with van der Waals surface area (Å²) >= 11 is 5.88. The third-order valence-electron chi connectivity index (χ3n) is 5.19. The van der Waals surface area contributed by atoms with Gasteiger partial charge in [-0.1, -0.05) is 37.6 Å². The summed E-state index contributed by atoms with van der Waals surface area (Å²) in [4.78, 5) is 27.2. The summed E-state index contributed by atoms with van der Waals surface area (Å²) in [6, 6.07) is 5.55. The van der Waals surface area contributed by atoms with Crippen LogP contribution in [0.25, 0.3) is 0 Å². The van der Waals surface area contributed by atoms with E-state index in [1.54, 1.807) is 30.5 Å². The third-order valence-corrected chi connectivity index (χ3v) is 5.44. The molecule has 0 aliphatic carbocycles. The summed E-state index contributed by atoms with van der Waals surface area (Å²) in [6.45, 7) is 6.04. The molecule has 0 bridgehead atoms. The summed E-state index contributed by atoms with van der Waals surface area (Å²) in [6.07, 6.45) is 1.14. The van der Waals surface area contributed by atoms with Gasteiger partial charge >= 0.3 is 0 Å². The number of aliphatic hydroxyl groups is 1. The summed E-state index contributed by atoms with van der Waals surface area (Å²) in [5.74, 6) is 0.0581. The lowest BCUT2D eigenvalue weighted by Crippen LogP contribution is -2.49. The number of likely N-dealkylation sites (N-methyl/N-ethyl adjacent to an activating group) is 1. The normalized spacial score (nSPS) is 19.9. The van der Waals surface area contributed by atoms with Crippen LogP contribution in [0.2, 0.25) is 5.02 Å². The van der Waals surface area contributed by atoms with Gasteiger partial charge in [0.05, 0.1) is 12.3 Å². The number of ether oxygens (including phenoxy) is 1. The molecule has 2 aromatic rings. The highest BCUT2D eigenvalue weighted by Crippen LogP contribution is 2.34. The molecule has 1 aliphatic heterocycles. The molecule has 3 atom stereocenters. The average Bonchev–Trinajstić information content (AvgIpc) is 3.32. The maximum atomic E-state index is 13.5. The van der Waals surface area contributed by atoms with Crippen LogP contribution in [-0.4, -0.2) is 62.6 Å². The molecule has 1 aliphatic rings. The predicted molar refractivity (Wildman–Crippen MR) is 114 cm³/mol. The van der Waals surface area contributed by atoms with Crippen molar-refractivity contribution in [2.24, 2.45) is 5.41 Å². The number of amides is 2. The van der Waals surface area contributed by atoms with Crippen LogP contribution in [0.1, 0.15) is 38.9 Å². The molecular weight excluding hydrogens is 422 g/mol. The number of likely N-dealkylation sites (tertiary alicyclic amines) is 1. The minimum atomic E-state index is -0.744. The Morgan fingerprint density at radius 2 is 2.00 bits per heavy atom. The third kappa shape index (κ3) is 5.34. The van der Waals surface area contributed by atoms with Gasteiger partial charge in [-0.2, -0.15) is 0 Å². The molecule has 1 fully saturated rings. The fourth-order valence-corrected chi connectivity index (χ4v) is 3.83. The number of carbonyl (C=O) groups is 2. The number of nitrogens with zero attached hydrogens (tertiary/aromatic N) is 4. The van der Waals surface area contributed by atoms with Crippen LogP contribution in [0, 0.1) is 5.41 Å². The van der Waals surface area contributed by atoms with E-state index >= 15 is 0 Å². The zero-order valence-electron chi connectivity index (χ0n) is 18.1. The minimum Gasteiger partial charge on any atom is -0.487 e. The number of aromatic nitrogens is 3. The van der Waals surface area contributed by atoms with Crippen molar-refractivity contribution in [1.29, 1.82) is 0 Å². The van der Waals surface area contributed by atoms with Gasteiger partial charge in [0, 0.05) is 25.0 Å². The fourth-order valence-electron chi connectivity index (χ4n) is 3.70. The SMILES string of the molecule is CNC(=O)C1CC(O)CN1C(=O)[C@@H](n1cc(COc2ccc(Cl)cc2)nn1)C(C)(C)C. The highest BCUT2D eigenvalue weighted by atomic mass is 35.5. The van der Waals surface area contributed by atoms with Gasteiger partial charge in [0.1, 0.15) is 30.1 Å². The maximum absolute atomic E-state index is 13.5. The van der Waals surface area contributed by atoms with E-state index in [9.17, 15) is 14.7 Å². The van der Waals surface area contributed by atoms with Crippen LogP contribution in [0.5, 0.6) is 5.75 Å². The van der Waals surface area contributed by atoms with Gasteiger partial charge in [-0.25, -0.2) is 4.68 Å². The number of benzene rings is 1. The molecule has 0 saturated carbocycles. The number of rotatable bonds is 6. The first kappa shape index (κ1) is 23.0. The Labute approximate surface area is 186 Å². The number of nitrogens with one attached hydrogen (secondary N) is 1. The Morgan fingerprint density at radius 3 is 2.61 bits per heavy atom. The van der Waals surface area contributed by atoms with E-state index in [0.717, 1.165) is 0 Å². The lowest BCUT2D eigenvalue weighted by atomic mass is 9.85. The molecule has 1 aromatic carbocycles. The highest BCUT2D eigenvalue weighted by molar-refractivity contribution is 6.30. The molecule has 1 aromatic heterocycles. The second-order valence-corrected chi connectivity index (χ2v) is 9.15. The Kier molecular flexibility index (Phi) is 6.86. The Balaban J connectivity index is 1.79. The first-order valence-electron chi connectivity index (χ1n) is 10.1. The van der Waals surface area contributed by atoms with Crippen molar-refractivity contribution >= 4 is 23.4 Å².